The summed E-state index contributed by atoms with van der Waals surface area (Å²) in [5.74, 6) is 0.352. The van der Waals surface area contributed by atoms with Crippen LogP contribution in [-0.4, -0.2) is 35.4 Å². The Kier molecular flexibility index (Phi) is 7.21. The molecule has 1 aromatic heterocycles. The number of anilines is 1. The predicted octanol–water partition coefficient (Wildman–Crippen LogP) is 2.48. The monoisotopic (exact) mass is 475 g/mol. The van der Waals surface area contributed by atoms with Crippen molar-refractivity contribution in [1.82, 2.24) is 20.9 Å². The molecular weight excluding hydrogens is 458 g/mol. The number of carbonyl (C=O) groups is 1. The number of nitrogens with one attached hydrogen (secondary N) is 2. The Hall–Kier alpha value is -1.65. The molecule has 0 aliphatic heterocycles. The highest BCUT2D eigenvalue weighted by Crippen LogP contribution is 2.33. The molecule has 0 atom stereocenters. The summed E-state index contributed by atoms with van der Waals surface area (Å²) < 4.78 is 12.1. The Balaban J connectivity index is 1.85. The number of hydrogen-bond acceptors (Lipinski definition) is 7. The highest BCUT2D eigenvalue weighted by atomic mass is 79.9. The molecule has 1 amide bonds. The van der Waals surface area contributed by atoms with Gasteiger partial charge in [0, 0.05) is 29.7 Å². The van der Waals surface area contributed by atoms with Crippen molar-refractivity contribution in [2.75, 3.05) is 18.8 Å². The number of aromatic nitrogens is 2. The lowest BCUT2D eigenvalue weighted by molar-refractivity contribution is 0.0944. The molecule has 0 unspecified atom stereocenters. The number of halogens is 2. The van der Waals surface area contributed by atoms with E-state index in [1.165, 1.54) is 0 Å². The number of nitrogens with two attached hydrogens (primary N) is 1. The van der Waals surface area contributed by atoms with Gasteiger partial charge in [0.25, 0.3) is 5.91 Å². The summed E-state index contributed by atoms with van der Waals surface area (Å²) in [5, 5.41) is 12.8. The quantitative estimate of drug-likeness (QED) is 0.501. The smallest absolute Gasteiger partial charge is 0.277 e. The molecule has 0 aliphatic rings. The maximum absolute atomic E-state index is 11.8. The fourth-order valence-corrected chi connectivity index (χ4v) is 3.44. The van der Waals surface area contributed by atoms with Gasteiger partial charge in [-0.1, -0.05) is 15.9 Å². The van der Waals surface area contributed by atoms with Crippen LogP contribution in [0.5, 0.6) is 5.75 Å². The van der Waals surface area contributed by atoms with E-state index in [0.717, 1.165) is 20.3 Å². The van der Waals surface area contributed by atoms with E-state index in [2.05, 4.69) is 57.4 Å². The maximum atomic E-state index is 11.8. The van der Waals surface area contributed by atoms with E-state index >= 15 is 0 Å². The van der Waals surface area contributed by atoms with Gasteiger partial charge in [-0.2, -0.15) is 0 Å². The van der Waals surface area contributed by atoms with Gasteiger partial charge in [-0.05, 0) is 52.2 Å². The van der Waals surface area contributed by atoms with Crippen molar-refractivity contribution in [1.29, 1.82) is 0 Å². The van der Waals surface area contributed by atoms with Crippen LogP contribution in [0.4, 0.5) is 5.82 Å². The van der Waals surface area contributed by atoms with E-state index < -0.39 is 5.91 Å². The third kappa shape index (κ3) is 5.68. The van der Waals surface area contributed by atoms with E-state index in [-0.39, 0.29) is 17.6 Å². The van der Waals surface area contributed by atoms with Gasteiger partial charge >= 0.3 is 0 Å². The van der Waals surface area contributed by atoms with Crippen LogP contribution < -0.4 is 21.1 Å². The molecular formula is C15H19Br2N5O3. The summed E-state index contributed by atoms with van der Waals surface area (Å²) in [7, 11) is 0. The topological polar surface area (TPSA) is 115 Å². The van der Waals surface area contributed by atoms with Crippen LogP contribution in [0.3, 0.4) is 0 Å². The summed E-state index contributed by atoms with van der Waals surface area (Å²) >= 11 is 7.00. The van der Waals surface area contributed by atoms with Gasteiger partial charge in [0.2, 0.25) is 11.5 Å². The molecule has 0 spiro atoms. The first-order valence-corrected chi connectivity index (χ1v) is 9.18. The number of amides is 1. The van der Waals surface area contributed by atoms with Crippen LogP contribution in [0.15, 0.2) is 25.7 Å². The zero-order valence-corrected chi connectivity index (χ0v) is 17.0. The van der Waals surface area contributed by atoms with Crippen LogP contribution in [-0.2, 0) is 6.54 Å². The lowest BCUT2D eigenvalue weighted by Crippen LogP contribution is -2.32. The highest BCUT2D eigenvalue weighted by Gasteiger charge is 2.15. The molecule has 25 heavy (non-hydrogen) atoms. The van der Waals surface area contributed by atoms with Crippen LogP contribution in [0, 0.1) is 0 Å². The molecule has 0 saturated heterocycles. The first-order valence-electron chi connectivity index (χ1n) is 7.60. The number of hydrogen-bond donors (Lipinski definition) is 3. The van der Waals surface area contributed by atoms with Crippen molar-refractivity contribution >= 4 is 43.6 Å². The van der Waals surface area contributed by atoms with E-state index in [9.17, 15) is 4.79 Å². The Morgan fingerprint density at radius 3 is 2.72 bits per heavy atom. The molecule has 2 aromatic rings. The zero-order chi connectivity index (χ0) is 18.4. The number of ether oxygens (including phenoxy) is 1. The third-order valence-electron chi connectivity index (χ3n) is 3.07. The number of benzene rings is 1. The second-order valence-corrected chi connectivity index (χ2v) is 7.24. The minimum Gasteiger partial charge on any atom is -0.489 e. The van der Waals surface area contributed by atoms with Gasteiger partial charge in [0.1, 0.15) is 5.75 Å². The fourth-order valence-electron chi connectivity index (χ4n) is 2.04. The number of carbonyl (C=O) groups excluding carboxylic acids is 1. The van der Waals surface area contributed by atoms with Gasteiger partial charge in [-0.25, -0.2) is 4.63 Å². The van der Waals surface area contributed by atoms with Gasteiger partial charge < -0.3 is 21.1 Å². The minimum absolute atomic E-state index is 0.0106. The maximum Gasteiger partial charge on any atom is 0.277 e. The first kappa shape index (κ1) is 19.7. The Bertz CT molecular complexity index is 736. The second kappa shape index (κ2) is 9.16. The average Bonchev–Trinajstić information content (AvgIpc) is 2.96. The summed E-state index contributed by atoms with van der Waals surface area (Å²) in [5.41, 5.74) is 6.46. The fraction of sp³-hybridized carbons (Fsp3) is 0.400. The standard InChI is InChI=1S/C15H19Br2N5O3/c1-8(2)24-13-9(5-10(16)6-11(13)17)7-19-3-4-20-15(23)12-14(18)22-25-21-12/h5-6,8,19H,3-4,7H2,1-2H3,(H2,18,22)(H,20,23). The van der Waals surface area contributed by atoms with Crippen LogP contribution >= 0.6 is 31.9 Å². The summed E-state index contributed by atoms with van der Waals surface area (Å²) in [4.78, 5) is 11.8. The first-order chi connectivity index (χ1) is 11.9. The summed E-state index contributed by atoms with van der Waals surface area (Å²) in [6.45, 7) is 5.50. The van der Waals surface area contributed by atoms with Gasteiger partial charge in [0.05, 0.1) is 10.6 Å². The molecule has 136 valence electrons. The molecule has 8 nitrogen and oxygen atoms in total. The van der Waals surface area contributed by atoms with Gasteiger partial charge in [-0.15, -0.1) is 0 Å². The van der Waals surface area contributed by atoms with Crippen LogP contribution in [0.25, 0.3) is 0 Å². The molecule has 2 rings (SSSR count). The SMILES string of the molecule is CC(C)Oc1c(Br)cc(Br)cc1CNCCNC(=O)c1nonc1N. The normalized spacial score (nSPS) is 10.9. The molecule has 1 heterocycles. The number of rotatable bonds is 8. The average molecular weight is 477 g/mol. The van der Waals surface area contributed by atoms with Crippen LogP contribution in [0.1, 0.15) is 29.9 Å². The van der Waals surface area contributed by atoms with E-state index in [1.54, 1.807) is 0 Å². The molecule has 1 aromatic carbocycles. The minimum atomic E-state index is -0.422. The Labute approximate surface area is 162 Å². The lowest BCUT2D eigenvalue weighted by Gasteiger charge is -2.17. The predicted molar refractivity (Wildman–Crippen MR) is 100 cm³/mol. The Morgan fingerprint density at radius 2 is 2.08 bits per heavy atom. The van der Waals surface area contributed by atoms with Crippen molar-refractivity contribution in [2.24, 2.45) is 0 Å². The van der Waals surface area contributed by atoms with E-state index in [1.807, 2.05) is 26.0 Å². The molecule has 0 bridgehead atoms. The second-order valence-electron chi connectivity index (χ2n) is 5.47. The van der Waals surface area contributed by atoms with Gasteiger partial charge in [0.15, 0.2) is 0 Å². The van der Waals surface area contributed by atoms with Crippen molar-refractivity contribution in [3.63, 3.8) is 0 Å². The highest BCUT2D eigenvalue weighted by molar-refractivity contribution is 9.11. The number of nitrogens with zero attached hydrogens (tertiary/aromatic N) is 2. The molecule has 0 fully saturated rings. The summed E-state index contributed by atoms with van der Waals surface area (Å²) in [6.07, 6.45) is 0.0667. The molecule has 10 heteroatoms. The largest absolute Gasteiger partial charge is 0.489 e. The van der Waals surface area contributed by atoms with Gasteiger partial charge in [-0.3, -0.25) is 4.79 Å². The molecule has 0 radical (unpaired) electrons. The van der Waals surface area contributed by atoms with Crippen molar-refractivity contribution < 1.29 is 14.2 Å². The third-order valence-corrected chi connectivity index (χ3v) is 4.12. The molecule has 4 N–H and O–H groups in total. The van der Waals surface area contributed by atoms with Crippen molar-refractivity contribution in [2.45, 2.75) is 26.5 Å². The van der Waals surface area contributed by atoms with E-state index in [0.29, 0.717) is 19.6 Å². The van der Waals surface area contributed by atoms with Crippen molar-refractivity contribution in [3.05, 3.63) is 32.3 Å². The van der Waals surface area contributed by atoms with Crippen LogP contribution in [0.2, 0.25) is 0 Å². The van der Waals surface area contributed by atoms with Crippen molar-refractivity contribution in [3.8, 4) is 5.75 Å². The summed E-state index contributed by atoms with van der Waals surface area (Å²) in [6, 6.07) is 3.94. The Morgan fingerprint density at radius 1 is 1.32 bits per heavy atom. The lowest BCUT2D eigenvalue weighted by atomic mass is 10.2. The number of nitrogen functional groups attached to an aromatic ring is 1. The molecule has 0 saturated carbocycles. The zero-order valence-electron chi connectivity index (χ0n) is 13.8. The van der Waals surface area contributed by atoms with E-state index in [4.69, 9.17) is 10.5 Å². The molecule has 0 aliphatic carbocycles.